The summed E-state index contributed by atoms with van der Waals surface area (Å²) in [5.74, 6) is 0. The fourth-order valence-corrected chi connectivity index (χ4v) is 2.80. The van der Waals surface area contributed by atoms with E-state index in [1.807, 2.05) is 0 Å². The summed E-state index contributed by atoms with van der Waals surface area (Å²) in [5, 5.41) is 0. The van der Waals surface area contributed by atoms with Crippen LogP contribution in [0, 0.1) is 0 Å². The van der Waals surface area contributed by atoms with Gasteiger partial charge >= 0.3 is 10.3 Å². The summed E-state index contributed by atoms with van der Waals surface area (Å²) >= 11 is 0. The lowest BCUT2D eigenvalue weighted by molar-refractivity contribution is 0.320. The number of nitrogens with two attached hydrogens (primary N) is 1. The fourth-order valence-electron chi connectivity index (χ4n) is 2.01. The average Bonchev–Trinajstić information content (AvgIpc) is 2.42. The van der Waals surface area contributed by atoms with Gasteiger partial charge in [0.2, 0.25) is 0 Å². The molecule has 0 heterocycles. The van der Waals surface area contributed by atoms with Crippen LogP contribution in [0.3, 0.4) is 0 Å². The highest BCUT2D eigenvalue weighted by atomic mass is 32.2. The van der Waals surface area contributed by atoms with Crippen molar-refractivity contribution in [2.75, 3.05) is 19.7 Å². The van der Waals surface area contributed by atoms with Gasteiger partial charge in [0.05, 0.1) is 6.61 Å². The van der Waals surface area contributed by atoms with Crippen molar-refractivity contribution in [3.63, 3.8) is 0 Å². The minimum Gasteiger partial charge on any atom is -0.328 e. The molecule has 122 valence electrons. The summed E-state index contributed by atoms with van der Waals surface area (Å²) in [5.41, 5.74) is 5.18. The SMILES string of the molecule is CCCCCCCCCCCCNS(=O)(=O)OCCN. The van der Waals surface area contributed by atoms with Gasteiger partial charge in [0.15, 0.2) is 0 Å². The molecule has 0 unspecified atom stereocenters. The van der Waals surface area contributed by atoms with E-state index in [9.17, 15) is 8.42 Å². The Balaban J connectivity index is 3.24. The summed E-state index contributed by atoms with van der Waals surface area (Å²) < 4.78 is 29.5. The number of unbranched alkanes of at least 4 members (excludes halogenated alkanes) is 9. The van der Waals surface area contributed by atoms with Crippen LogP contribution in [-0.2, 0) is 14.5 Å². The molecule has 0 aromatic rings. The highest BCUT2D eigenvalue weighted by Gasteiger charge is 2.07. The summed E-state index contributed by atoms with van der Waals surface area (Å²) in [6.07, 6.45) is 12.4. The van der Waals surface area contributed by atoms with E-state index < -0.39 is 10.3 Å². The molecule has 0 rings (SSSR count). The maximum atomic E-state index is 11.3. The topological polar surface area (TPSA) is 81.4 Å². The second-order valence-electron chi connectivity index (χ2n) is 5.14. The monoisotopic (exact) mass is 308 g/mol. The quantitative estimate of drug-likeness (QED) is 0.456. The van der Waals surface area contributed by atoms with Gasteiger partial charge in [-0.15, -0.1) is 0 Å². The lowest BCUT2D eigenvalue weighted by Gasteiger charge is -2.06. The minimum atomic E-state index is -3.58. The summed E-state index contributed by atoms with van der Waals surface area (Å²) in [6.45, 7) is 2.92. The van der Waals surface area contributed by atoms with E-state index in [0.29, 0.717) is 6.54 Å². The number of nitrogens with one attached hydrogen (secondary N) is 1. The highest BCUT2D eigenvalue weighted by molar-refractivity contribution is 7.84. The number of hydrogen-bond donors (Lipinski definition) is 2. The molecule has 0 atom stereocenters. The molecular weight excluding hydrogens is 276 g/mol. The first-order valence-electron chi connectivity index (χ1n) is 7.96. The maximum absolute atomic E-state index is 11.3. The standard InChI is InChI=1S/C14H32N2O3S/c1-2-3-4-5-6-7-8-9-10-11-13-16-20(17,18)19-14-12-15/h16H,2-15H2,1H3. The van der Waals surface area contributed by atoms with E-state index in [1.54, 1.807) is 0 Å². The number of hydrogen-bond acceptors (Lipinski definition) is 4. The lowest BCUT2D eigenvalue weighted by atomic mass is 10.1. The molecule has 0 saturated carbocycles. The van der Waals surface area contributed by atoms with Crippen molar-refractivity contribution in [1.82, 2.24) is 4.72 Å². The van der Waals surface area contributed by atoms with E-state index in [0.717, 1.165) is 12.8 Å². The van der Waals surface area contributed by atoms with Crippen LogP contribution in [0.2, 0.25) is 0 Å². The molecule has 0 fully saturated rings. The molecule has 0 bridgehead atoms. The van der Waals surface area contributed by atoms with Crippen molar-refractivity contribution < 1.29 is 12.6 Å². The van der Waals surface area contributed by atoms with Gasteiger partial charge < -0.3 is 5.73 Å². The van der Waals surface area contributed by atoms with Crippen LogP contribution in [0.1, 0.15) is 71.1 Å². The van der Waals surface area contributed by atoms with Gasteiger partial charge in [-0.3, -0.25) is 4.18 Å². The molecule has 0 aliphatic rings. The van der Waals surface area contributed by atoms with E-state index >= 15 is 0 Å². The molecule has 6 heteroatoms. The maximum Gasteiger partial charge on any atom is 0.335 e. The molecule has 0 spiro atoms. The van der Waals surface area contributed by atoms with Crippen molar-refractivity contribution >= 4 is 10.3 Å². The normalized spacial score (nSPS) is 11.9. The first kappa shape index (κ1) is 19.8. The Morgan fingerprint density at radius 1 is 0.900 bits per heavy atom. The van der Waals surface area contributed by atoms with E-state index in [2.05, 4.69) is 15.8 Å². The van der Waals surface area contributed by atoms with Crippen molar-refractivity contribution in [2.24, 2.45) is 5.73 Å². The predicted molar refractivity (Wildman–Crippen MR) is 83.8 cm³/mol. The first-order valence-corrected chi connectivity index (χ1v) is 9.37. The molecule has 3 N–H and O–H groups in total. The molecular formula is C14H32N2O3S. The molecule has 5 nitrogen and oxygen atoms in total. The van der Waals surface area contributed by atoms with Crippen molar-refractivity contribution in [2.45, 2.75) is 71.1 Å². The van der Waals surface area contributed by atoms with Gasteiger partial charge in [-0.2, -0.15) is 13.1 Å². The van der Waals surface area contributed by atoms with Crippen molar-refractivity contribution in [3.8, 4) is 0 Å². The molecule has 0 amide bonds. The summed E-state index contributed by atoms with van der Waals surface area (Å²) in [6, 6.07) is 0. The van der Waals surface area contributed by atoms with Crippen LogP contribution in [0.25, 0.3) is 0 Å². The smallest absolute Gasteiger partial charge is 0.328 e. The van der Waals surface area contributed by atoms with Crippen LogP contribution >= 0.6 is 0 Å². The minimum absolute atomic E-state index is 0.0351. The molecule has 0 aromatic carbocycles. The summed E-state index contributed by atoms with van der Waals surface area (Å²) in [7, 11) is -3.58. The van der Waals surface area contributed by atoms with Gasteiger partial charge in [0, 0.05) is 13.1 Å². The zero-order valence-corrected chi connectivity index (χ0v) is 13.7. The van der Waals surface area contributed by atoms with Gasteiger partial charge in [0.25, 0.3) is 0 Å². The molecule has 0 aliphatic carbocycles. The summed E-state index contributed by atoms with van der Waals surface area (Å²) in [4.78, 5) is 0. The van der Waals surface area contributed by atoms with Gasteiger partial charge in [-0.1, -0.05) is 64.7 Å². The third kappa shape index (κ3) is 14.2. The highest BCUT2D eigenvalue weighted by Crippen LogP contribution is 2.10. The average molecular weight is 308 g/mol. The second-order valence-corrected chi connectivity index (χ2v) is 6.57. The van der Waals surface area contributed by atoms with Crippen LogP contribution in [0.15, 0.2) is 0 Å². The number of rotatable bonds is 15. The van der Waals surface area contributed by atoms with Crippen LogP contribution < -0.4 is 10.5 Å². The first-order chi connectivity index (χ1) is 9.62. The largest absolute Gasteiger partial charge is 0.335 e. The van der Waals surface area contributed by atoms with E-state index in [-0.39, 0.29) is 13.2 Å². The van der Waals surface area contributed by atoms with Crippen LogP contribution in [0.4, 0.5) is 0 Å². The zero-order chi connectivity index (χ0) is 15.1. The Morgan fingerprint density at radius 3 is 1.90 bits per heavy atom. The van der Waals surface area contributed by atoms with Gasteiger partial charge in [-0.05, 0) is 6.42 Å². The Bertz CT molecular complexity index is 295. The van der Waals surface area contributed by atoms with Gasteiger partial charge in [0.1, 0.15) is 0 Å². The molecule has 0 aromatic heterocycles. The third-order valence-corrected chi connectivity index (χ3v) is 4.20. The molecule has 20 heavy (non-hydrogen) atoms. The molecule has 0 aliphatic heterocycles. The van der Waals surface area contributed by atoms with E-state index in [4.69, 9.17) is 5.73 Å². The van der Waals surface area contributed by atoms with Crippen LogP contribution in [-0.4, -0.2) is 28.1 Å². The van der Waals surface area contributed by atoms with Crippen molar-refractivity contribution in [1.29, 1.82) is 0 Å². The zero-order valence-electron chi connectivity index (χ0n) is 12.9. The van der Waals surface area contributed by atoms with Crippen molar-refractivity contribution in [3.05, 3.63) is 0 Å². The Morgan fingerprint density at radius 2 is 1.40 bits per heavy atom. The Hall–Kier alpha value is -0.170. The fraction of sp³-hybridized carbons (Fsp3) is 1.00. The van der Waals surface area contributed by atoms with E-state index in [1.165, 1.54) is 51.4 Å². The molecule has 0 radical (unpaired) electrons. The predicted octanol–water partition coefficient (Wildman–Crippen LogP) is 2.72. The molecule has 0 saturated heterocycles. The Labute approximate surface area is 124 Å². The third-order valence-electron chi connectivity index (χ3n) is 3.17. The lowest BCUT2D eigenvalue weighted by Crippen LogP contribution is -2.28. The van der Waals surface area contributed by atoms with Gasteiger partial charge in [-0.25, -0.2) is 0 Å². The van der Waals surface area contributed by atoms with Crippen LogP contribution in [0.5, 0.6) is 0 Å². The Kier molecular flexibility index (Phi) is 13.7. The second kappa shape index (κ2) is 13.8.